The number of alkyl carbamates (subject to hydrolysis) is 1. The molecule has 0 unspecified atom stereocenters. The van der Waals surface area contributed by atoms with Crippen molar-refractivity contribution in [3.05, 3.63) is 23.8 Å². The van der Waals surface area contributed by atoms with Crippen LogP contribution < -0.4 is 10.6 Å². The third kappa shape index (κ3) is 4.66. The quantitative estimate of drug-likeness (QED) is 0.847. The molecule has 1 amide bonds. The molecule has 21 heavy (non-hydrogen) atoms. The fourth-order valence-electron chi connectivity index (χ4n) is 1.76. The number of amides is 1. The maximum Gasteiger partial charge on any atom is 0.407 e. The van der Waals surface area contributed by atoms with Crippen LogP contribution in [0, 0.1) is 6.92 Å². The van der Waals surface area contributed by atoms with Crippen molar-refractivity contribution in [1.82, 2.24) is 10.3 Å². The van der Waals surface area contributed by atoms with Gasteiger partial charge in [0.15, 0.2) is 5.58 Å². The van der Waals surface area contributed by atoms with Gasteiger partial charge in [-0.2, -0.15) is 4.98 Å². The molecule has 1 aromatic carbocycles. The summed E-state index contributed by atoms with van der Waals surface area (Å²) in [6.07, 6.45) is -0.433. The van der Waals surface area contributed by atoms with Gasteiger partial charge >= 0.3 is 6.09 Å². The number of fused-ring (bicyclic) bond motifs is 1. The maximum absolute atomic E-state index is 11.4. The van der Waals surface area contributed by atoms with Crippen molar-refractivity contribution >= 4 is 23.2 Å². The number of carbonyl (C=O) groups is 1. The number of benzene rings is 1. The third-order valence-electron chi connectivity index (χ3n) is 2.61. The number of hydrogen-bond donors (Lipinski definition) is 2. The highest BCUT2D eigenvalue weighted by atomic mass is 16.6. The standard InChI is InChI=1S/C15H21N3O3/c1-10-5-6-12-11(9-10)18-13(20-12)16-7-8-17-14(19)21-15(2,3)4/h5-6,9H,7-8H2,1-4H3,(H,16,18)(H,17,19). The van der Waals surface area contributed by atoms with Crippen LogP contribution in [-0.2, 0) is 4.74 Å². The summed E-state index contributed by atoms with van der Waals surface area (Å²) >= 11 is 0. The van der Waals surface area contributed by atoms with Gasteiger partial charge in [0.2, 0.25) is 0 Å². The Morgan fingerprint density at radius 2 is 2.10 bits per heavy atom. The molecule has 0 radical (unpaired) electrons. The summed E-state index contributed by atoms with van der Waals surface area (Å²) in [6, 6.07) is 6.27. The van der Waals surface area contributed by atoms with Gasteiger partial charge in [0.25, 0.3) is 6.01 Å². The van der Waals surface area contributed by atoms with Crippen LogP contribution in [0.5, 0.6) is 0 Å². The monoisotopic (exact) mass is 291 g/mol. The van der Waals surface area contributed by atoms with Crippen LogP contribution in [0.15, 0.2) is 22.6 Å². The Morgan fingerprint density at radius 3 is 2.81 bits per heavy atom. The second kappa shape index (κ2) is 6.03. The Hall–Kier alpha value is -2.24. The zero-order valence-corrected chi connectivity index (χ0v) is 12.8. The van der Waals surface area contributed by atoms with Crippen LogP contribution in [0.1, 0.15) is 26.3 Å². The van der Waals surface area contributed by atoms with Crippen molar-refractivity contribution in [2.45, 2.75) is 33.3 Å². The Balaban J connectivity index is 1.79. The largest absolute Gasteiger partial charge is 0.444 e. The molecule has 2 N–H and O–H groups in total. The third-order valence-corrected chi connectivity index (χ3v) is 2.61. The minimum atomic E-state index is -0.490. The zero-order valence-electron chi connectivity index (χ0n) is 12.8. The maximum atomic E-state index is 11.4. The SMILES string of the molecule is Cc1ccc2oc(NCCNC(=O)OC(C)(C)C)nc2c1. The van der Waals surface area contributed by atoms with E-state index in [-0.39, 0.29) is 0 Å². The molecule has 6 heteroatoms. The average Bonchev–Trinajstić information content (AvgIpc) is 2.74. The molecule has 114 valence electrons. The zero-order chi connectivity index (χ0) is 15.5. The van der Waals surface area contributed by atoms with Gasteiger partial charge in [-0.15, -0.1) is 0 Å². The van der Waals surface area contributed by atoms with E-state index in [1.54, 1.807) is 0 Å². The molecular weight excluding hydrogens is 270 g/mol. The Morgan fingerprint density at radius 1 is 1.33 bits per heavy atom. The Labute approximate surface area is 123 Å². The highest BCUT2D eigenvalue weighted by Crippen LogP contribution is 2.19. The summed E-state index contributed by atoms with van der Waals surface area (Å²) in [6.45, 7) is 8.41. The van der Waals surface area contributed by atoms with Gasteiger partial charge in [-0.25, -0.2) is 4.79 Å². The number of nitrogens with one attached hydrogen (secondary N) is 2. The van der Waals surface area contributed by atoms with Crippen molar-refractivity contribution in [1.29, 1.82) is 0 Å². The Bertz CT molecular complexity index is 629. The summed E-state index contributed by atoms with van der Waals surface area (Å²) in [5, 5.41) is 5.68. The molecule has 0 fully saturated rings. The number of nitrogens with zero attached hydrogens (tertiary/aromatic N) is 1. The van der Waals surface area contributed by atoms with Gasteiger partial charge in [0.05, 0.1) is 0 Å². The van der Waals surface area contributed by atoms with Gasteiger partial charge in [0.1, 0.15) is 11.1 Å². The highest BCUT2D eigenvalue weighted by molar-refractivity contribution is 5.75. The van der Waals surface area contributed by atoms with Crippen LogP contribution in [0.4, 0.5) is 10.8 Å². The molecule has 0 bridgehead atoms. The molecule has 0 spiro atoms. The fraction of sp³-hybridized carbons (Fsp3) is 0.467. The number of carbonyl (C=O) groups excluding carboxylic acids is 1. The summed E-state index contributed by atoms with van der Waals surface area (Å²) < 4.78 is 10.7. The van der Waals surface area contributed by atoms with Crippen molar-refractivity contribution in [3.63, 3.8) is 0 Å². The molecule has 0 saturated heterocycles. The first kappa shape index (κ1) is 15.2. The van der Waals surface area contributed by atoms with Crippen LogP contribution in [-0.4, -0.2) is 29.8 Å². The summed E-state index contributed by atoms with van der Waals surface area (Å²) in [7, 11) is 0. The van der Waals surface area contributed by atoms with Crippen molar-refractivity contribution < 1.29 is 13.9 Å². The van der Waals surface area contributed by atoms with Gasteiger partial charge < -0.3 is 19.8 Å². The molecule has 0 atom stereocenters. The predicted molar refractivity (Wildman–Crippen MR) is 81.5 cm³/mol. The molecular formula is C15H21N3O3. The lowest BCUT2D eigenvalue weighted by Gasteiger charge is -2.19. The van der Waals surface area contributed by atoms with Crippen LogP contribution in [0.3, 0.4) is 0 Å². The molecule has 2 rings (SSSR count). The summed E-state index contributed by atoms with van der Waals surface area (Å²) in [4.78, 5) is 15.8. The normalized spacial score (nSPS) is 11.4. The number of anilines is 1. The number of rotatable bonds is 4. The fourth-order valence-corrected chi connectivity index (χ4v) is 1.76. The number of ether oxygens (including phenoxy) is 1. The first-order chi connectivity index (χ1) is 9.83. The lowest BCUT2D eigenvalue weighted by molar-refractivity contribution is 0.0530. The second-order valence-electron chi connectivity index (χ2n) is 5.85. The minimum Gasteiger partial charge on any atom is -0.444 e. The topological polar surface area (TPSA) is 76.4 Å². The van der Waals surface area contributed by atoms with Gasteiger partial charge in [-0.3, -0.25) is 0 Å². The van der Waals surface area contributed by atoms with E-state index in [0.29, 0.717) is 19.1 Å². The number of oxazole rings is 1. The molecule has 0 aliphatic heterocycles. The molecule has 0 saturated carbocycles. The smallest absolute Gasteiger partial charge is 0.407 e. The predicted octanol–water partition coefficient (Wildman–Crippen LogP) is 3.07. The van der Waals surface area contributed by atoms with Gasteiger partial charge in [-0.1, -0.05) is 6.07 Å². The van der Waals surface area contributed by atoms with Crippen LogP contribution in [0.2, 0.25) is 0 Å². The molecule has 1 heterocycles. The molecule has 2 aromatic rings. The molecule has 6 nitrogen and oxygen atoms in total. The van der Waals surface area contributed by atoms with E-state index in [1.807, 2.05) is 45.9 Å². The van der Waals surface area contributed by atoms with Crippen LogP contribution in [0.25, 0.3) is 11.1 Å². The lowest BCUT2D eigenvalue weighted by Crippen LogP contribution is -2.35. The number of aryl methyl sites for hydroxylation is 1. The second-order valence-corrected chi connectivity index (χ2v) is 5.85. The number of aromatic nitrogens is 1. The van der Waals surface area contributed by atoms with E-state index in [2.05, 4.69) is 15.6 Å². The van der Waals surface area contributed by atoms with Crippen molar-refractivity contribution in [2.24, 2.45) is 0 Å². The first-order valence-electron chi connectivity index (χ1n) is 6.91. The van der Waals surface area contributed by atoms with Crippen molar-refractivity contribution in [2.75, 3.05) is 18.4 Å². The van der Waals surface area contributed by atoms with E-state index in [9.17, 15) is 4.79 Å². The minimum absolute atomic E-state index is 0.423. The molecule has 0 aliphatic rings. The van der Waals surface area contributed by atoms with Crippen molar-refractivity contribution in [3.8, 4) is 0 Å². The van der Waals surface area contributed by atoms with E-state index in [4.69, 9.17) is 9.15 Å². The van der Waals surface area contributed by atoms with E-state index in [1.165, 1.54) is 0 Å². The highest BCUT2D eigenvalue weighted by Gasteiger charge is 2.15. The van der Waals surface area contributed by atoms with E-state index < -0.39 is 11.7 Å². The number of hydrogen-bond acceptors (Lipinski definition) is 5. The lowest BCUT2D eigenvalue weighted by atomic mass is 10.2. The Kier molecular flexibility index (Phi) is 4.35. The average molecular weight is 291 g/mol. The van der Waals surface area contributed by atoms with Gasteiger partial charge in [-0.05, 0) is 45.4 Å². The van der Waals surface area contributed by atoms with Gasteiger partial charge in [0, 0.05) is 13.1 Å². The van der Waals surface area contributed by atoms with Crippen LogP contribution >= 0.6 is 0 Å². The summed E-state index contributed by atoms with van der Waals surface area (Å²) in [5.74, 6) is 0. The first-order valence-corrected chi connectivity index (χ1v) is 6.91. The molecule has 1 aromatic heterocycles. The summed E-state index contributed by atoms with van der Waals surface area (Å²) in [5.41, 5.74) is 2.20. The van der Waals surface area contributed by atoms with E-state index >= 15 is 0 Å². The van der Waals surface area contributed by atoms with E-state index in [0.717, 1.165) is 16.7 Å². The molecule has 0 aliphatic carbocycles.